The molecule has 2 aliphatic heterocycles. The molecule has 2 aliphatic rings. The lowest BCUT2D eigenvalue weighted by Gasteiger charge is -2.44. The van der Waals surface area contributed by atoms with Crippen LogP contribution in [0.2, 0.25) is 0 Å². The average molecular weight is 404 g/mol. The number of amides is 1. The molecule has 1 saturated heterocycles. The first-order chi connectivity index (χ1) is 13.0. The molecule has 0 aromatic carbocycles. The summed E-state index contributed by atoms with van der Waals surface area (Å²) in [6, 6.07) is 3.57. The van der Waals surface area contributed by atoms with Crippen LogP contribution in [0.4, 0.5) is 5.00 Å². The van der Waals surface area contributed by atoms with E-state index < -0.39 is 5.54 Å². The van der Waals surface area contributed by atoms with Crippen molar-refractivity contribution in [2.75, 3.05) is 17.7 Å². The fraction of sp³-hybridized carbons (Fsp3) is 0.444. The number of amidine groups is 1. The highest BCUT2D eigenvalue weighted by Crippen LogP contribution is 2.47. The van der Waals surface area contributed by atoms with E-state index in [9.17, 15) is 4.79 Å². The quantitative estimate of drug-likeness (QED) is 0.817. The molecule has 27 heavy (non-hydrogen) atoms. The fourth-order valence-corrected chi connectivity index (χ4v) is 5.41. The summed E-state index contributed by atoms with van der Waals surface area (Å²) >= 11 is 3.01. The Bertz CT molecular complexity index is 882. The molecule has 0 spiro atoms. The second kappa shape index (κ2) is 7.21. The van der Waals surface area contributed by atoms with Gasteiger partial charge in [0.2, 0.25) is 0 Å². The Morgan fingerprint density at radius 2 is 2.22 bits per heavy atom. The number of carbonyl (C=O) groups is 1. The maximum absolute atomic E-state index is 12.4. The third-order valence-electron chi connectivity index (χ3n) is 4.88. The number of thioether (sulfide) groups is 1. The maximum Gasteiger partial charge on any atom is 0.274 e. The number of aromatic nitrogens is 2. The molecule has 3 atom stereocenters. The number of nitrogens with one attached hydrogen (secondary N) is 1. The van der Waals surface area contributed by atoms with Crippen molar-refractivity contribution < 1.29 is 9.53 Å². The molecule has 1 amide bonds. The van der Waals surface area contributed by atoms with Gasteiger partial charge in [-0.15, -0.1) is 0 Å². The Hall–Kier alpha value is -1.97. The molecule has 142 valence electrons. The van der Waals surface area contributed by atoms with Crippen molar-refractivity contribution in [1.82, 2.24) is 9.97 Å². The van der Waals surface area contributed by atoms with Crippen LogP contribution in [-0.2, 0) is 10.3 Å². The monoisotopic (exact) mass is 403 g/mol. The predicted molar refractivity (Wildman–Crippen MR) is 108 cm³/mol. The van der Waals surface area contributed by atoms with E-state index in [-0.39, 0.29) is 12.0 Å². The molecule has 4 rings (SSSR count). The smallest absolute Gasteiger partial charge is 0.274 e. The summed E-state index contributed by atoms with van der Waals surface area (Å²) in [5, 5.41) is 4.93. The van der Waals surface area contributed by atoms with Gasteiger partial charge in [0.05, 0.1) is 18.9 Å². The number of nitrogens with two attached hydrogens (primary N) is 1. The second-order valence-electron chi connectivity index (χ2n) is 6.94. The highest BCUT2D eigenvalue weighted by Gasteiger charge is 2.49. The van der Waals surface area contributed by atoms with Crippen LogP contribution in [0.3, 0.4) is 0 Å². The molecule has 0 aliphatic carbocycles. The molecule has 0 radical (unpaired) electrons. The molecular weight excluding hydrogens is 382 g/mol. The zero-order valence-corrected chi connectivity index (χ0v) is 16.8. The molecule has 3 N–H and O–H groups in total. The molecule has 0 saturated carbocycles. The van der Waals surface area contributed by atoms with Crippen LogP contribution in [0.15, 0.2) is 29.5 Å². The minimum absolute atomic E-state index is 0.199. The van der Waals surface area contributed by atoms with Gasteiger partial charge >= 0.3 is 0 Å². The number of rotatable bonds is 3. The summed E-state index contributed by atoms with van der Waals surface area (Å²) in [6.07, 6.45) is 4.46. The number of pyridine rings is 1. The lowest BCUT2D eigenvalue weighted by atomic mass is 9.80. The van der Waals surface area contributed by atoms with Gasteiger partial charge in [-0.25, -0.2) is 9.98 Å². The van der Waals surface area contributed by atoms with Crippen LogP contribution < -0.4 is 11.1 Å². The summed E-state index contributed by atoms with van der Waals surface area (Å²) in [5.41, 5.74) is 6.85. The zero-order valence-electron chi connectivity index (χ0n) is 15.1. The van der Waals surface area contributed by atoms with Gasteiger partial charge in [0, 0.05) is 17.9 Å². The van der Waals surface area contributed by atoms with Gasteiger partial charge in [-0.05, 0) is 31.9 Å². The fourth-order valence-electron chi connectivity index (χ4n) is 3.39. The van der Waals surface area contributed by atoms with Gasteiger partial charge in [-0.2, -0.15) is 0 Å². The SMILES string of the molecule is Cc1ccc(C(=O)Nc2cnc([C@]34CO[C@@H](C)C[C@H]3CSC(N)=N4)s2)nc1. The molecule has 0 bridgehead atoms. The molecule has 4 heterocycles. The standard InChI is InChI=1S/C18H21N5O2S2/c1-10-3-4-13(20-6-10)15(24)22-14-7-21-16(27-14)18-9-25-11(2)5-12(18)8-26-17(19)23-18/h3-4,6-7,11-12H,5,8-9H2,1-2H3,(H2,19,23)(H,22,24)/t11-,12-,18-/m0/s1. The van der Waals surface area contributed by atoms with Crippen LogP contribution in [-0.4, -0.2) is 39.5 Å². The summed E-state index contributed by atoms with van der Waals surface area (Å²) in [7, 11) is 0. The number of hydrogen-bond acceptors (Lipinski definition) is 8. The van der Waals surface area contributed by atoms with Crippen molar-refractivity contribution in [3.63, 3.8) is 0 Å². The first-order valence-corrected chi connectivity index (χ1v) is 10.6. The number of anilines is 1. The lowest BCUT2D eigenvalue weighted by molar-refractivity contribution is -0.0466. The van der Waals surface area contributed by atoms with Crippen LogP contribution in [0.1, 0.15) is 34.4 Å². The molecule has 1 fully saturated rings. The van der Waals surface area contributed by atoms with Gasteiger partial charge in [0.1, 0.15) is 21.2 Å². The van der Waals surface area contributed by atoms with E-state index in [4.69, 9.17) is 15.5 Å². The van der Waals surface area contributed by atoms with Gasteiger partial charge in [-0.1, -0.05) is 29.2 Å². The number of aryl methyl sites for hydroxylation is 1. The van der Waals surface area contributed by atoms with Gasteiger partial charge in [0.25, 0.3) is 5.91 Å². The third kappa shape index (κ3) is 3.59. The second-order valence-corrected chi connectivity index (χ2v) is 9.02. The summed E-state index contributed by atoms with van der Waals surface area (Å²) in [5.74, 6) is 0.958. The Kier molecular flexibility index (Phi) is 4.92. The van der Waals surface area contributed by atoms with Gasteiger partial charge in [0.15, 0.2) is 5.17 Å². The Balaban J connectivity index is 1.58. The van der Waals surface area contributed by atoms with Crippen LogP contribution >= 0.6 is 23.1 Å². The topological polar surface area (TPSA) is 102 Å². The lowest BCUT2D eigenvalue weighted by Crippen LogP contribution is -2.49. The van der Waals surface area contributed by atoms with E-state index in [0.29, 0.717) is 28.4 Å². The van der Waals surface area contributed by atoms with Crippen molar-refractivity contribution in [1.29, 1.82) is 0 Å². The average Bonchev–Trinajstić information content (AvgIpc) is 3.11. The third-order valence-corrected chi connectivity index (χ3v) is 6.91. The van der Waals surface area contributed by atoms with Gasteiger partial charge < -0.3 is 15.8 Å². The zero-order chi connectivity index (χ0) is 19.0. The minimum atomic E-state index is -0.558. The van der Waals surface area contributed by atoms with Crippen LogP contribution in [0.25, 0.3) is 0 Å². The van der Waals surface area contributed by atoms with E-state index in [1.54, 1.807) is 30.2 Å². The number of ether oxygens (including phenoxy) is 1. The molecule has 7 nitrogen and oxygen atoms in total. The number of hydrogen-bond donors (Lipinski definition) is 2. The van der Waals surface area contributed by atoms with Crippen molar-refractivity contribution in [3.05, 3.63) is 40.8 Å². The van der Waals surface area contributed by atoms with Crippen molar-refractivity contribution in [3.8, 4) is 0 Å². The number of thiazole rings is 1. The first kappa shape index (κ1) is 18.4. The number of carbonyl (C=O) groups excluding carboxylic acids is 1. The van der Waals surface area contributed by atoms with Crippen molar-refractivity contribution >= 4 is 39.2 Å². The van der Waals surface area contributed by atoms with E-state index >= 15 is 0 Å². The van der Waals surface area contributed by atoms with Gasteiger partial charge in [-0.3, -0.25) is 9.78 Å². The summed E-state index contributed by atoms with van der Waals surface area (Å²) in [4.78, 5) is 25.9. The molecule has 0 unspecified atom stereocenters. The molecule has 2 aromatic rings. The molecular formula is C18H21N5O2S2. The minimum Gasteiger partial charge on any atom is -0.379 e. The molecule has 9 heteroatoms. The van der Waals surface area contributed by atoms with Crippen molar-refractivity contribution in [2.45, 2.75) is 31.9 Å². The Morgan fingerprint density at radius 1 is 1.37 bits per heavy atom. The normalized spacial score (nSPS) is 27.6. The predicted octanol–water partition coefficient (Wildman–Crippen LogP) is 2.78. The Labute approximate surface area is 165 Å². The maximum atomic E-state index is 12.4. The largest absolute Gasteiger partial charge is 0.379 e. The van der Waals surface area contributed by atoms with Crippen LogP contribution in [0, 0.1) is 12.8 Å². The summed E-state index contributed by atoms with van der Waals surface area (Å²) < 4.78 is 5.92. The van der Waals surface area contributed by atoms with E-state index in [1.165, 1.54) is 11.3 Å². The highest BCUT2D eigenvalue weighted by molar-refractivity contribution is 8.13. The molecule has 2 aromatic heterocycles. The van der Waals surface area contributed by atoms with Crippen LogP contribution in [0.5, 0.6) is 0 Å². The number of nitrogens with zero attached hydrogens (tertiary/aromatic N) is 3. The van der Waals surface area contributed by atoms with E-state index in [0.717, 1.165) is 22.7 Å². The first-order valence-electron chi connectivity index (χ1n) is 8.76. The van der Waals surface area contributed by atoms with E-state index in [2.05, 4.69) is 22.2 Å². The summed E-state index contributed by atoms with van der Waals surface area (Å²) in [6.45, 7) is 4.47. The van der Waals surface area contributed by atoms with E-state index in [1.807, 2.05) is 13.0 Å². The number of aliphatic imine (C=N–C) groups is 1. The van der Waals surface area contributed by atoms with Crippen molar-refractivity contribution in [2.24, 2.45) is 16.6 Å². The highest BCUT2D eigenvalue weighted by atomic mass is 32.2. The Morgan fingerprint density at radius 3 is 3.00 bits per heavy atom. The number of fused-ring (bicyclic) bond motifs is 1.